The van der Waals surface area contributed by atoms with Crippen LogP contribution in [0.3, 0.4) is 0 Å². The van der Waals surface area contributed by atoms with Crippen LogP contribution in [0.15, 0.2) is 12.2 Å². The molecule has 0 aromatic heterocycles. The molecule has 0 spiro atoms. The molecule has 2 rings (SSSR count). The summed E-state index contributed by atoms with van der Waals surface area (Å²) < 4.78 is 33.0. The van der Waals surface area contributed by atoms with E-state index in [1.54, 1.807) is 0 Å². The van der Waals surface area contributed by atoms with E-state index in [-0.39, 0.29) is 13.2 Å². The normalized spacial score (nSPS) is 31.3. The number of aliphatic hydroxyl groups excluding tert-OH is 7. The smallest absolute Gasteiger partial charge is 0.303 e. The van der Waals surface area contributed by atoms with Crippen LogP contribution in [-0.2, 0) is 33.2 Å². The van der Waals surface area contributed by atoms with Crippen molar-refractivity contribution in [2.24, 2.45) is 0 Å². The second kappa shape index (κ2) is 25.6. The monoisotopic (exact) mass is 708 g/mol. The van der Waals surface area contributed by atoms with Crippen LogP contribution in [0, 0.1) is 0 Å². The average molecular weight is 709 g/mol. The quantitative estimate of drug-likeness (QED) is 0.0387. The molecule has 2 aliphatic rings. The molecule has 2 aliphatic heterocycles. The van der Waals surface area contributed by atoms with Gasteiger partial charge in [0.05, 0.1) is 26.4 Å². The number of carbonyl (C=O) groups excluding carboxylic acids is 1. The van der Waals surface area contributed by atoms with E-state index in [4.69, 9.17) is 28.4 Å². The van der Waals surface area contributed by atoms with Gasteiger partial charge < -0.3 is 64.2 Å². The van der Waals surface area contributed by atoms with E-state index in [1.165, 1.54) is 71.1 Å². The topological polar surface area (TPSA) is 214 Å². The summed E-state index contributed by atoms with van der Waals surface area (Å²) in [6, 6.07) is 0. The van der Waals surface area contributed by atoms with Crippen molar-refractivity contribution in [2.45, 2.75) is 171 Å². The Morgan fingerprint density at radius 1 is 0.653 bits per heavy atom. The van der Waals surface area contributed by atoms with Crippen LogP contribution in [-0.4, -0.2) is 142 Å². The van der Waals surface area contributed by atoms with E-state index >= 15 is 0 Å². The standard InChI is InChI=1S/C35H64O14/c1-3-4-5-6-7-8-9-10-11-12-13-14-15-16-17-18-19-44-21-25(47-24(2)37)22-45-34-33(43)31(41)29(39)27(49-34)23-46-35-32(42)30(40)28(38)26(20-36)48-35/h10-11,25-36,38-43H,3-9,12-23H2,1-2H3/b11-10-. The molecule has 14 heteroatoms. The first-order valence-corrected chi connectivity index (χ1v) is 18.2. The summed E-state index contributed by atoms with van der Waals surface area (Å²) in [5.41, 5.74) is 0. The molecular formula is C35H64O14. The number of unbranched alkanes of at least 4 members (excludes halogenated alkanes) is 12. The van der Waals surface area contributed by atoms with Crippen molar-refractivity contribution in [3.8, 4) is 0 Å². The molecule has 11 unspecified atom stereocenters. The molecule has 0 aromatic carbocycles. The molecule has 0 saturated carbocycles. The third kappa shape index (κ3) is 16.7. The van der Waals surface area contributed by atoms with Gasteiger partial charge in [-0.25, -0.2) is 0 Å². The maximum atomic E-state index is 11.7. The van der Waals surface area contributed by atoms with Crippen LogP contribution in [0.1, 0.15) is 104 Å². The van der Waals surface area contributed by atoms with E-state index in [9.17, 15) is 40.5 Å². The lowest BCUT2D eigenvalue weighted by Gasteiger charge is -2.42. The SMILES string of the molecule is CCCCCCCC/C=C\CCCCCCCCOCC(COC1OC(COC2OC(CO)C(O)C(O)C2O)C(O)C(O)C1O)OC(C)=O. The molecular weight excluding hydrogens is 644 g/mol. The minimum Gasteiger partial charge on any atom is -0.458 e. The fourth-order valence-electron chi connectivity index (χ4n) is 5.81. The minimum atomic E-state index is -1.70. The molecule has 49 heavy (non-hydrogen) atoms. The van der Waals surface area contributed by atoms with Gasteiger partial charge in [-0.1, -0.05) is 76.9 Å². The van der Waals surface area contributed by atoms with Crippen LogP contribution >= 0.6 is 0 Å². The molecule has 0 amide bonds. The van der Waals surface area contributed by atoms with E-state index in [0.717, 1.165) is 25.7 Å². The first-order valence-electron chi connectivity index (χ1n) is 18.2. The molecule has 2 heterocycles. The summed E-state index contributed by atoms with van der Waals surface area (Å²) in [7, 11) is 0. The molecule has 0 radical (unpaired) electrons. The Morgan fingerprint density at radius 3 is 1.73 bits per heavy atom. The van der Waals surface area contributed by atoms with Crippen molar-refractivity contribution >= 4 is 5.97 Å². The van der Waals surface area contributed by atoms with Crippen LogP contribution in [0.5, 0.6) is 0 Å². The van der Waals surface area contributed by atoms with Crippen molar-refractivity contribution in [3.63, 3.8) is 0 Å². The van der Waals surface area contributed by atoms with Gasteiger partial charge in [-0.15, -0.1) is 0 Å². The number of aliphatic hydroxyl groups is 7. The van der Waals surface area contributed by atoms with Gasteiger partial charge in [-0.2, -0.15) is 0 Å². The zero-order chi connectivity index (χ0) is 36.0. The van der Waals surface area contributed by atoms with Crippen LogP contribution in [0.2, 0.25) is 0 Å². The van der Waals surface area contributed by atoms with E-state index in [1.807, 2.05) is 0 Å². The summed E-state index contributed by atoms with van der Waals surface area (Å²) in [6.07, 6.45) is 5.39. The Hall–Kier alpha value is -1.27. The fraction of sp³-hybridized carbons (Fsp3) is 0.914. The predicted molar refractivity (Wildman–Crippen MR) is 178 cm³/mol. The van der Waals surface area contributed by atoms with Crippen LogP contribution in [0.4, 0.5) is 0 Å². The van der Waals surface area contributed by atoms with E-state index in [2.05, 4.69) is 19.1 Å². The van der Waals surface area contributed by atoms with Crippen molar-refractivity contribution in [3.05, 3.63) is 12.2 Å². The molecule has 2 saturated heterocycles. The highest BCUT2D eigenvalue weighted by atomic mass is 16.7. The number of hydrogen-bond donors (Lipinski definition) is 7. The van der Waals surface area contributed by atoms with Gasteiger partial charge in [0.2, 0.25) is 0 Å². The number of allylic oxidation sites excluding steroid dienone is 2. The number of rotatable bonds is 26. The molecule has 0 bridgehead atoms. The third-order valence-corrected chi connectivity index (χ3v) is 8.82. The molecule has 0 aliphatic carbocycles. The first-order chi connectivity index (χ1) is 23.6. The number of esters is 1. The summed E-state index contributed by atoms with van der Waals surface area (Å²) in [5, 5.41) is 70.7. The molecule has 7 N–H and O–H groups in total. The lowest BCUT2D eigenvalue weighted by molar-refractivity contribution is -0.332. The number of ether oxygens (including phenoxy) is 6. The zero-order valence-electron chi connectivity index (χ0n) is 29.4. The Kier molecular flexibility index (Phi) is 23.0. The highest BCUT2D eigenvalue weighted by Gasteiger charge is 2.47. The maximum Gasteiger partial charge on any atom is 0.303 e. The summed E-state index contributed by atoms with van der Waals surface area (Å²) in [4.78, 5) is 11.7. The fourth-order valence-corrected chi connectivity index (χ4v) is 5.81. The van der Waals surface area contributed by atoms with Gasteiger partial charge in [-0.3, -0.25) is 4.79 Å². The first kappa shape index (κ1) is 43.9. The Labute approximate surface area is 291 Å². The number of carbonyl (C=O) groups is 1. The molecule has 288 valence electrons. The predicted octanol–water partition coefficient (Wildman–Crippen LogP) is 1.61. The number of hydrogen-bond acceptors (Lipinski definition) is 14. The van der Waals surface area contributed by atoms with Crippen LogP contribution in [0.25, 0.3) is 0 Å². The van der Waals surface area contributed by atoms with Gasteiger partial charge in [0, 0.05) is 13.5 Å². The van der Waals surface area contributed by atoms with E-state index in [0.29, 0.717) is 6.61 Å². The van der Waals surface area contributed by atoms with Crippen molar-refractivity contribution in [1.82, 2.24) is 0 Å². The highest BCUT2D eigenvalue weighted by molar-refractivity contribution is 5.66. The van der Waals surface area contributed by atoms with Gasteiger partial charge in [0.25, 0.3) is 0 Å². The summed E-state index contributed by atoms with van der Waals surface area (Å²) >= 11 is 0. The third-order valence-electron chi connectivity index (χ3n) is 8.82. The largest absolute Gasteiger partial charge is 0.458 e. The average Bonchev–Trinajstić information content (AvgIpc) is 3.08. The molecule has 2 fully saturated rings. The van der Waals surface area contributed by atoms with Crippen molar-refractivity contribution in [1.29, 1.82) is 0 Å². The molecule has 11 atom stereocenters. The Bertz CT molecular complexity index is 875. The maximum absolute atomic E-state index is 11.7. The Morgan fingerprint density at radius 2 is 1.16 bits per heavy atom. The highest BCUT2D eigenvalue weighted by Crippen LogP contribution is 2.26. The lowest BCUT2D eigenvalue weighted by atomic mass is 9.98. The van der Waals surface area contributed by atoms with Gasteiger partial charge >= 0.3 is 5.97 Å². The van der Waals surface area contributed by atoms with Gasteiger partial charge in [-0.05, 0) is 32.1 Å². The van der Waals surface area contributed by atoms with Crippen LogP contribution < -0.4 is 0 Å². The van der Waals surface area contributed by atoms with Gasteiger partial charge in [0.15, 0.2) is 12.6 Å². The minimum absolute atomic E-state index is 0.0439. The lowest BCUT2D eigenvalue weighted by Crippen LogP contribution is -2.61. The second-order valence-electron chi connectivity index (χ2n) is 13.1. The van der Waals surface area contributed by atoms with Crippen molar-refractivity contribution < 1.29 is 69.0 Å². The van der Waals surface area contributed by atoms with E-state index < -0.39 is 86.7 Å². The molecule has 14 nitrogen and oxygen atoms in total. The second-order valence-corrected chi connectivity index (χ2v) is 13.1. The molecule has 0 aromatic rings. The van der Waals surface area contributed by atoms with Crippen molar-refractivity contribution in [2.75, 3.05) is 33.0 Å². The Balaban J connectivity index is 1.64. The summed E-state index contributed by atoms with van der Waals surface area (Å²) in [5.74, 6) is -0.555. The van der Waals surface area contributed by atoms with Gasteiger partial charge in [0.1, 0.15) is 54.9 Å². The summed E-state index contributed by atoms with van der Waals surface area (Å²) in [6.45, 7) is 2.63. The zero-order valence-corrected chi connectivity index (χ0v) is 29.4.